The van der Waals surface area contributed by atoms with E-state index < -0.39 is 20.0 Å². The van der Waals surface area contributed by atoms with Crippen LogP contribution in [-0.2, 0) is 19.1 Å². The van der Waals surface area contributed by atoms with Crippen LogP contribution in [-0.4, -0.2) is 34.2 Å². The van der Waals surface area contributed by atoms with Crippen molar-refractivity contribution in [3.63, 3.8) is 0 Å². The maximum atomic E-state index is 14.0. The maximum Gasteiger partial charge on any atom is 0.338 e. The lowest BCUT2D eigenvalue weighted by atomic mass is 9.99. The van der Waals surface area contributed by atoms with Crippen LogP contribution in [0.15, 0.2) is 144 Å². The fourth-order valence-electron chi connectivity index (χ4n) is 5.38. The molecule has 4 aromatic rings. The van der Waals surface area contributed by atoms with Crippen LogP contribution in [0.1, 0.15) is 11.1 Å². The molecule has 5 rings (SSSR count). The summed E-state index contributed by atoms with van der Waals surface area (Å²) in [4.78, 5) is 27.7. The molecule has 192 valence electrons. The molecule has 4 aromatic carbocycles. The Bertz CT molecular complexity index is 1530. The average molecular weight is 529 g/mol. The van der Waals surface area contributed by atoms with E-state index in [2.05, 4.69) is 18.2 Å². The van der Waals surface area contributed by atoms with Gasteiger partial charge in [0, 0.05) is 0 Å². The Morgan fingerprint density at radius 1 is 0.615 bits per heavy atom. The molecule has 1 heterocycles. The minimum atomic E-state index is -3.40. The summed E-state index contributed by atoms with van der Waals surface area (Å²) in [6.07, 6.45) is 3.99. The van der Waals surface area contributed by atoms with Crippen LogP contribution in [0.3, 0.4) is 0 Å². The second kappa shape index (κ2) is 11.3. The highest BCUT2D eigenvalue weighted by Gasteiger charge is 2.53. The molecule has 0 fully saturated rings. The summed E-state index contributed by atoms with van der Waals surface area (Å²) in [6.45, 7) is 0. The molecule has 0 radical (unpaired) electrons. The van der Waals surface area contributed by atoms with Gasteiger partial charge in [0.1, 0.15) is 0 Å². The largest absolute Gasteiger partial charge is 0.466 e. The Hall–Kier alpha value is -4.74. The highest BCUT2D eigenvalue weighted by atomic mass is 28.3. The summed E-state index contributed by atoms with van der Waals surface area (Å²) in [6, 6.07) is 39.7. The molecule has 0 aliphatic carbocycles. The van der Waals surface area contributed by atoms with Crippen LogP contribution < -0.4 is 10.4 Å². The molecule has 4 nitrogen and oxygen atoms in total. The number of hydrogen-bond acceptors (Lipinski definition) is 4. The van der Waals surface area contributed by atoms with Gasteiger partial charge in [-0.1, -0.05) is 127 Å². The van der Waals surface area contributed by atoms with Crippen molar-refractivity contribution in [3.8, 4) is 0 Å². The van der Waals surface area contributed by atoms with Gasteiger partial charge in [-0.3, -0.25) is 0 Å². The van der Waals surface area contributed by atoms with Crippen LogP contribution in [0.4, 0.5) is 0 Å². The second-order valence-corrected chi connectivity index (χ2v) is 12.8. The lowest BCUT2D eigenvalue weighted by Crippen LogP contribution is -2.64. The number of benzene rings is 4. The van der Waals surface area contributed by atoms with Gasteiger partial charge in [-0.25, -0.2) is 9.59 Å². The van der Waals surface area contributed by atoms with Gasteiger partial charge in [-0.05, 0) is 38.3 Å². The van der Waals surface area contributed by atoms with Crippen molar-refractivity contribution in [2.45, 2.75) is 0 Å². The molecule has 0 amide bonds. The maximum absolute atomic E-state index is 14.0. The number of esters is 2. The normalized spacial score (nSPS) is 15.4. The molecule has 0 N–H and O–H groups in total. The molecule has 0 spiro atoms. The molecule has 5 heteroatoms. The van der Waals surface area contributed by atoms with Gasteiger partial charge in [0.2, 0.25) is 0 Å². The Balaban J connectivity index is 2.01. The first-order valence-electron chi connectivity index (χ1n) is 12.7. The third-order valence-electron chi connectivity index (χ3n) is 7.02. The fourth-order valence-corrected chi connectivity index (χ4v) is 10.6. The van der Waals surface area contributed by atoms with E-state index in [0.29, 0.717) is 10.8 Å². The summed E-state index contributed by atoms with van der Waals surface area (Å²) in [7, 11) is -0.691. The summed E-state index contributed by atoms with van der Waals surface area (Å²) >= 11 is 0. The van der Waals surface area contributed by atoms with E-state index >= 15 is 0 Å². The smallest absolute Gasteiger partial charge is 0.338 e. The molecule has 0 bridgehead atoms. The van der Waals surface area contributed by atoms with E-state index in [1.54, 1.807) is 0 Å². The first-order valence-corrected chi connectivity index (χ1v) is 14.7. The molecular formula is C34H28O4Si. The summed E-state index contributed by atoms with van der Waals surface area (Å²) in [5.74, 6) is -1.13. The number of rotatable bonds is 6. The standard InChI is InChI=1S/C34H28O4Si/c1-37-33(35)31-27(23-25-15-7-3-8-16-25)24-30(26-17-9-4-10-18-26)39(32(31)34(36)38-2,28-19-11-5-12-20-28)29-21-13-6-14-22-29/h3-24H,1-2H3/b27-23+. The van der Waals surface area contributed by atoms with E-state index in [1.807, 2.05) is 115 Å². The van der Waals surface area contributed by atoms with Gasteiger partial charge in [-0.15, -0.1) is 0 Å². The number of carbonyl (C=O) groups excluding carboxylic acids is 2. The summed E-state index contributed by atoms with van der Waals surface area (Å²) in [5, 5.41) is 3.26. The summed E-state index contributed by atoms with van der Waals surface area (Å²) in [5.41, 5.74) is 2.70. The van der Waals surface area contributed by atoms with Gasteiger partial charge in [0.25, 0.3) is 0 Å². The zero-order chi connectivity index (χ0) is 27.2. The third-order valence-corrected chi connectivity index (χ3v) is 11.9. The van der Waals surface area contributed by atoms with E-state index in [0.717, 1.165) is 26.7 Å². The molecule has 0 saturated heterocycles. The van der Waals surface area contributed by atoms with Gasteiger partial charge in [-0.2, -0.15) is 0 Å². The Morgan fingerprint density at radius 2 is 1.08 bits per heavy atom. The number of methoxy groups -OCH3 is 2. The van der Waals surface area contributed by atoms with Crippen molar-refractivity contribution >= 4 is 41.7 Å². The molecular weight excluding hydrogens is 500 g/mol. The SMILES string of the molecule is COC(=O)C1=C(C(=O)OC)[Si](c2ccccc2)(c2ccccc2)C(c2ccccc2)=C/C1=C\c1ccccc1. The minimum absolute atomic E-state index is 0.229. The van der Waals surface area contributed by atoms with Crippen molar-refractivity contribution < 1.29 is 19.1 Å². The van der Waals surface area contributed by atoms with E-state index in [4.69, 9.17) is 9.47 Å². The average Bonchev–Trinajstić information content (AvgIpc) is 3.01. The van der Waals surface area contributed by atoms with Crippen molar-refractivity contribution in [2.24, 2.45) is 0 Å². The topological polar surface area (TPSA) is 52.6 Å². The third kappa shape index (κ3) is 4.69. The first-order chi connectivity index (χ1) is 19.1. The van der Waals surface area contributed by atoms with Crippen LogP contribution in [0.25, 0.3) is 11.3 Å². The van der Waals surface area contributed by atoms with Gasteiger partial charge in [0.15, 0.2) is 8.07 Å². The number of carbonyl (C=O) groups is 2. The quantitative estimate of drug-likeness (QED) is 0.257. The highest BCUT2D eigenvalue weighted by molar-refractivity contribution is 7.21. The number of allylic oxidation sites excluding steroid dienone is 1. The van der Waals surface area contributed by atoms with E-state index in [-0.39, 0.29) is 5.57 Å². The predicted octanol–water partition coefficient (Wildman–Crippen LogP) is 5.15. The number of hydrogen-bond donors (Lipinski definition) is 0. The van der Waals surface area contributed by atoms with Crippen LogP contribution in [0.2, 0.25) is 0 Å². The van der Waals surface area contributed by atoms with Gasteiger partial charge < -0.3 is 9.47 Å². The van der Waals surface area contributed by atoms with E-state index in [1.165, 1.54) is 14.2 Å². The van der Waals surface area contributed by atoms with Crippen LogP contribution in [0.5, 0.6) is 0 Å². The monoisotopic (exact) mass is 528 g/mol. The molecule has 1 aliphatic rings. The first kappa shape index (κ1) is 25.9. The molecule has 0 unspecified atom stereocenters. The van der Waals surface area contributed by atoms with Crippen molar-refractivity contribution in [3.05, 3.63) is 155 Å². The van der Waals surface area contributed by atoms with Gasteiger partial charge in [0.05, 0.1) is 25.0 Å². The van der Waals surface area contributed by atoms with Crippen molar-refractivity contribution in [2.75, 3.05) is 14.2 Å². The summed E-state index contributed by atoms with van der Waals surface area (Å²) < 4.78 is 10.8. The molecule has 1 aliphatic heterocycles. The molecule has 39 heavy (non-hydrogen) atoms. The van der Waals surface area contributed by atoms with E-state index in [9.17, 15) is 9.59 Å². The van der Waals surface area contributed by atoms with Gasteiger partial charge >= 0.3 is 11.9 Å². The minimum Gasteiger partial charge on any atom is -0.466 e. The zero-order valence-electron chi connectivity index (χ0n) is 21.8. The number of ether oxygens (including phenoxy) is 2. The fraction of sp³-hybridized carbons (Fsp3) is 0.0588. The molecule has 0 atom stereocenters. The second-order valence-electron chi connectivity index (χ2n) is 9.15. The van der Waals surface area contributed by atoms with Crippen LogP contribution in [0, 0.1) is 0 Å². The predicted molar refractivity (Wildman–Crippen MR) is 158 cm³/mol. The zero-order valence-corrected chi connectivity index (χ0v) is 22.8. The molecule has 0 saturated carbocycles. The van der Waals surface area contributed by atoms with Crippen molar-refractivity contribution in [1.82, 2.24) is 0 Å². The van der Waals surface area contributed by atoms with Crippen LogP contribution >= 0.6 is 0 Å². The lowest BCUT2D eigenvalue weighted by molar-refractivity contribution is -0.138. The lowest BCUT2D eigenvalue weighted by Gasteiger charge is -2.40. The van der Waals surface area contributed by atoms with Crippen molar-refractivity contribution in [1.29, 1.82) is 0 Å². The Kier molecular flexibility index (Phi) is 7.52. The Labute approximate surface area is 229 Å². The molecule has 0 aromatic heterocycles. The highest BCUT2D eigenvalue weighted by Crippen LogP contribution is 2.42. The Morgan fingerprint density at radius 3 is 1.56 bits per heavy atom.